The molecule has 8 heteroatoms. The molecular formula is C11H21N3O5. The first-order valence-electron chi connectivity index (χ1n) is 6.21. The Labute approximate surface area is 112 Å². The lowest BCUT2D eigenvalue weighted by Crippen LogP contribution is -2.46. The zero-order chi connectivity index (χ0) is 14.1. The molecule has 1 rings (SSSR count). The Morgan fingerprint density at radius 1 is 1.37 bits per heavy atom. The lowest BCUT2D eigenvalue weighted by Gasteiger charge is -2.26. The van der Waals surface area contributed by atoms with Gasteiger partial charge in [0.05, 0.1) is 19.8 Å². The number of carboxylic acids is 1. The van der Waals surface area contributed by atoms with Crippen molar-refractivity contribution in [3.8, 4) is 0 Å². The molecule has 2 amide bonds. The fourth-order valence-electron chi connectivity index (χ4n) is 1.67. The molecule has 0 spiro atoms. The van der Waals surface area contributed by atoms with E-state index in [1.54, 1.807) is 0 Å². The normalized spacial score (nSPS) is 17.7. The van der Waals surface area contributed by atoms with Crippen LogP contribution in [0.5, 0.6) is 0 Å². The molecule has 1 fully saturated rings. The van der Waals surface area contributed by atoms with Crippen LogP contribution in [0.15, 0.2) is 0 Å². The van der Waals surface area contributed by atoms with Gasteiger partial charge in [-0.05, 0) is 0 Å². The van der Waals surface area contributed by atoms with Gasteiger partial charge in [-0.3, -0.25) is 4.90 Å². The first-order chi connectivity index (χ1) is 9.13. The van der Waals surface area contributed by atoms with Crippen molar-refractivity contribution in [2.45, 2.75) is 6.10 Å². The minimum Gasteiger partial charge on any atom is -0.479 e. The highest BCUT2D eigenvalue weighted by molar-refractivity contribution is 5.76. The Kier molecular flexibility index (Phi) is 7.16. The molecule has 1 saturated heterocycles. The van der Waals surface area contributed by atoms with Crippen LogP contribution in [-0.2, 0) is 14.3 Å². The van der Waals surface area contributed by atoms with E-state index in [1.165, 1.54) is 7.11 Å². The zero-order valence-electron chi connectivity index (χ0n) is 11.1. The number of carbonyl (C=O) groups excluding carboxylic acids is 1. The summed E-state index contributed by atoms with van der Waals surface area (Å²) >= 11 is 0. The highest BCUT2D eigenvalue weighted by Gasteiger charge is 2.17. The predicted octanol–water partition coefficient (Wildman–Crippen LogP) is -1.28. The molecule has 1 unspecified atom stereocenters. The number of aliphatic carboxylic acids is 1. The minimum atomic E-state index is -1.10. The molecule has 8 nitrogen and oxygen atoms in total. The highest BCUT2D eigenvalue weighted by atomic mass is 16.5. The van der Waals surface area contributed by atoms with Crippen molar-refractivity contribution in [3.63, 3.8) is 0 Å². The average Bonchev–Trinajstić information content (AvgIpc) is 2.40. The molecule has 0 saturated carbocycles. The summed E-state index contributed by atoms with van der Waals surface area (Å²) in [6, 6.07) is -0.392. The Hall–Kier alpha value is -1.38. The summed E-state index contributed by atoms with van der Waals surface area (Å²) in [6.07, 6.45) is -1.02. The van der Waals surface area contributed by atoms with E-state index >= 15 is 0 Å². The van der Waals surface area contributed by atoms with Gasteiger partial charge in [0.15, 0.2) is 6.10 Å². The second-order valence-corrected chi connectivity index (χ2v) is 4.15. The van der Waals surface area contributed by atoms with Crippen LogP contribution >= 0.6 is 0 Å². The van der Waals surface area contributed by atoms with Gasteiger partial charge >= 0.3 is 12.0 Å². The number of carboxylic acid groups (broad SMARTS) is 1. The molecule has 1 atom stereocenters. The summed E-state index contributed by atoms with van der Waals surface area (Å²) < 4.78 is 9.91. The fourth-order valence-corrected chi connectivity index (χ4v) is 1.67. The van der Waals surface area contributed by atoms with Crippen LogP contribution in [0.25, 0.3) is 0 Å². The molecule has 1 aliphatic rings. The maximum Gasteiger partial charge on any atom is 0.334 e. The first-order valence-corrected chi connectivity index (χ1v) is 6.21. The van der Waals surface area contributed by atoms with Crippen molar-refractivity contribution in [1.29, 1.82) is 0 Å². The summed E-state index contributed by atoms with van der Waals surface area (Å²) in [7, 11) is 1.29. The van der Waals surface area contributed by atoms with Crippen LogP contribution in [0.4, 0.5) is 4.79 Å². The van der Waals surface area contributed by atoms with Gasteiger partial charge < -0.3 is 25.2 Å². The molecule has 0 aliphatic carbocycles. The van der Waals surface area contributed by atoms with E-state index < -0.39 is 18.1 Å². The second kappa shape index (κ2) is 8.68. The molecule has 1 heterocycles. The van der Waals surface area contributed by atoms with Crippen molar-refractivity contribution in [2.75, 3.05) is 53.0 Å². The maximum absolute atomic E-state index is 11.4. The van der Waals surface area contributed by atoms with Crippen LogP contribution in [-0.4, -0.2) is 81.2 Å². The standard InChI is InChI=1S/C11H21N3O5/c1-18-9(10(15)16)8-13-11(17)12-2-3-14-4-6-19-7-5-14/h9H,2-8H2,1H3,(H,15,16)(H2,12,13,17). The third-order valence-electron chi connectivity index (χ3n) is 2.83. The molecule has 110 valence electrons. The summed E-state index contributed by atoms with van der Waals surface area (Å²) in [6.45, 7) is 4.39. The number of morpholine rings is 1. The van der Waals surface area contributed by atoms with E-state index in [-0.39, 0.29) is 6.54 Å². The number of rotatable bonds is 7. The SMILES string of the molecule is COC(CNC(=O)NCCN1CCOCC1)C(=O)O. The van der Waals surface area contributed by atoms with Crippen molar-refractivity contribution in [1.82, 2.24) is 15.5 Å². The molecule has 19 heavy (non-hydrogen) atoms. The molecule has 0 radical (unpaired) electrons. The Bertz CT molecular complexity index is 294. The third-order valence-corrected chi connectivity index (χ3v) is 2.83. The van der Waals surface area contributed by atoms with Gasteiger partial charge in [-0.15, -0.1) is 0 Å². The molecule has 0 aromatic carbocycles. The molecule has 3 N–H and O–H groups in total. The van der Waals surface area contributed by atoms with Gasteiger partial charge in [0.2, 0.25) is 0 Å². The lowest BCUT2D eigenvalue weighted by molar-refractivity contribution is -0.147. The average molecular weight is 275 g/mol. The van der Waals surface area contributed by atoms with E-state index in [0.29, 0.717) is 6.54 Å². The number of ether oxygens (including phenoxy) is 2. The number of nitrogens with zero attached hydrogens (tertiary/aromatic N) is 1. The van der Waals surface area contributed by atoms with Crippen molar-refractivity contribution in [2.24, 2.45) is 0 Å². The Balaban J connectivity index is 2.08. The topological polar surface area (TPSA) is 100 Å². The van der Waals surface area contributed by atoms with Crippen LogP contribution in [0.3, 0.4) is 0 Å². The summed E-state index contributed by atoms with van der Waals surface area (Å²) in [5.41, 5.74) is 0. The molecule has 0 aromatic rings. The van der Waals surface area contributed by atoms with Crippen LogP contribution in [0, 0.1) is 0 Å². The van der Waals surface area contributed by atoms with Gasteiger partial charge in [0, 0.05) is 33.3 Å². The minimum absolute atomic E-state index is 0.0603. The van der Waals surface area contributed by atoms with Crippen molar-refractivity contribution < 1.29 is 24.2 Å². The summed E-state index contributed by atoms with van der Waals surface area (Å²) in [4.78, 5) is 24.3. The van der Waals surface area contributed by atoms with Crippen molar-refractivity contribution >= 4 is 12.0 Å². The van der Waals surface area contributed by atoms with Gasteiger partial charge in [0.1, 0.15) is 0 Å². The van der Waals surface area contributed by atoms with Crippen LogP contribution in [0.1, 0.15) is 0 Å². The van der Waals surface area contributed by atoms with Gasteiger partial charge in [0.25, 0.3) is 0 Å². The van der Waals surface area contributed by atoms with E-state index in [0.717, 1.165) is 32.8 Å². The van der Waals surface area contributed by atoms with Crippen LogP contribution in [0.2, 0.25) is 0 Å². The van der Waals surface area contributed by atoms with Crippen molar-refractivity contribution in [3.05, 3.63) is 0 Å². The Morgan fingerprint density at radius 2 is 2.05 bits per heavy atom. The Morgan fingerprint density at radius 3 is 2.63 bits per heavy atom. The fraction of sp³-hybridized carbons (Fsp3) is 0.818. The number of urea groups is 1. The summed E-state index contributed by atoms with van der Waals surface area (Å²) in [5.74, 6) is -1.10. The quantitative estimate of drug-likeness (QED) is 0.535. The number of methoxy groups -OCH3 is 1. The van der Waals surface area contributed by atoms with Gasteiger partial charge in [-0.2, -0.15) is 0 Å². The number of carbonyl (C=O) groups is 2. The number of nitrogens with one attached hydrogen (secondary N) is 2. The molecular weight excluding hydrogens is 254 g/mol. The van der Waals surface area contributed by atoms with E-state index in [4.69, 9.17) is 14.6 Å². The predicted molar refractivity (Wildman–Crippen MR) is 67.1 cm³/mol. The number of hydrogen-bond acceptors (Lipinski definition) is 5. The monoisotopic (exact) mass is 275 g/mol. The third kappa shape index (κ3) is 6.37. The maximum atomic E-state index is 11.4. The number of hydrogen-bond donors (Lipinski definition) is 3. The van der Waals surface area contributed by atoms with Gasteiger partial charge in [-0.25, -0.2) is 9.59 Å². The summed E-state index contributed by atoms with van der Waals surface area (Å²) in [5, 5.41) is 13.8. The van der Waals surface area contributed by atoms with Gasteiger partial charge in [-0.1, -0.05) is 0 Å². The smallest absolute Gasteiger partial charge is 0.334 e. The van der Waals surface area contributed by atoms with E-state index in [2.05, 4.69) is 15.5 Å². The lowest BCUT2D eigenvalue weighted by atomic mass is 10.3. The van der Waals surface area contributed by atoms with E-state index in [1.807, 2.05) is 0 Å². The van der Waals surface area contributed by atoms with E-state index in [9.17, 15) is 9.59 Å². The number of amides is 2. The molecule has 1 aliphatic heterocycles. The van der Waals surface area contributed by atoms with Crippen LogP contribution < -0.4 is 10.6 Å². The largest absolute Gasteiger partial charge is 0.479 e. The molecule has 0 aromatic heterocycles. The highest BCUT2D eigenvalue weighted by Crippen LogP contribution is 1.94. The molecule has 0 bridgehead atoms. The zero-order valence-corrected chi connectivity index (χ0v) is 11.1. The second-order valence-electron chi connectivity index (χ2n) is 4.15. The first kappa shape index (κ1) is 15.7.